The molecule has 0 aromatic carbocycles. The third-order valence-electron chi connectivity index (χ3n) is 2.06. The summed E-state index contributed by atoms with van der Waals surface area (Å²) in [4.78, 5) is 0. The molecule has 2 aromatic rings. The van der Waals surface area contributed by atoms with E-state index in [1.54, 1.807) is 6.20 Å². The topological polar surface area (TPSA) is 61.7 Å². The van der Waals surface area contributed by atoms with E-state index < -0.39 is 0 Å². The van der Waals surface area contributed by atoms with Gasteiger partial charge in [-0.15, -0.1) is 0 Å². The Morgan fingerprint density at radius 1 is 1.50 bits per heavy atom. The van der Waals surface area contributed by atoms with Gasteiger partial charge in [0.2, 0.25) is 0 Å². The standard InChI is InChI=1S/C9H13N5/c1-2-14-8(6-9(10)12-14)7-13-5-3-4-11-13/h3-6H,2,7H2,1H3,(H2,10,12). The van der Waals surface area contributed by atoms with Crippen LogP contribution in [0.4, 0.5) is 5.82 Å². The van der Waals surface area contributed by atoms with Crippen molar-refractivity contribution in [1.29, 1.82) is 0 Å². The van der Waals surface area contributed by atoms with Gasteiger partial charge in [-0.3, -0.25) is 9.36 Å². The van der Waals surface area contributed by atoms with Crippen molar-refractivity contribution in [2.24, 2.45) is 0 Å². The minimum atomic E-state index is 0.564. The van der Waals surface area contributed by atoms with E-state index in [0.29, 0.717) is 12.4 Å². The minimum Gasteiger partial charge on any atom is -0.382 e. The summed E-state index contributed by atoms with van der Waals surface area (Å²) in [5, 5.41) is 8.29. The largest absolute Gasteiger partial charge is 0.382 e. The quantitative estimate of drug-likeness (QED) is 0.778. The summed E-state index contributed by atoms with van der Waals surface area (Å²) in [6.07, 6.45) is 3.68. The normalized spacial score (nSPS) is 10.6. The molecule has 0 aliphatic rings. The molecule has 2 N–H and O–H groups in total. The number of aryl methyl sites for hydroxylation is 1. The molecule has 2 rings (SSSR count). The summed E-state index contributed by atoms with van der Waals surface area (Å²) in [5.74, 6) is 0.564. The van der Waals surface area contributed by atoms with Gasteiger partial charge in [-0.2, -0.15) is 10.2 Å². The molecule has 5 heteroatoms. The average Bonchev–Trinajstić information content (AvgIpc) is 2.76. The van der Waals surface area contributed by atoms with Crippen LogP contribution in [0.2, 0.25) is 0 Å². The molecule has 14 heavy (non-hydrogen) atoms. The first-order chi connectivity index (χ1) is 6.79. The third-order valence-corrected chi connectivity index (χ3v) is 2.06. The van der Waals surface area contributed by atoms with E-state index in [9.17, 15) is 0 Å². The highest BCUT2D eigenvalue weighted by atomic mass is 15.3. The lowest BCUT2D eigenvalue weighted by atomic mass is 10.4. The molecular weight excluding hydrogens is 178 g/mol. The first-order valence-electron chi connectivity index (χ1n) is 4.59. The maximum Gasteiger partial charge on any atom is 0.145 e. The Morgan fingerprint density at radius 3 is 3.00 bits per heavy atom. The fourth-order valence-corrected chi connectivity index (χ4v) is 1.44. The number of rotatable bonds is 3. The van der Waals surface area contributed by atoms with Crippen LogP contribution in [0.3, 0.4) is 0 Å². The smallest absolute Gasteiger partial charge is 0.145 e. The van der Waals surface area contributed by atoms with Gasteiger partial charge in [0.15, 0.2) is 0 Å². The first-order valence-corrected chi connectivity index (χ1v) is 4.59. The Hall–Kier alpha value is -1.78. The number of aromatic nitrogens is 4. The van der Waals surface area contributed by atoms with Crippen molar-refractivity contribution in [1.82, 2.24) is 19.6 Å². The lowest BCUT2D eigenvalue weighted by Crippen LogP contribution is -2.08. The molecule has 5 nitrogen and oxygen atoms in total. The third kappa shape index (κ3) is 1.61. The van der Waals surface area contributed by atoms with Crippen LogP contribution in [0.5, 0.6) is 0 Å². The van der Waals surface area contributed by atoms with Crippen LogP contribution in [0, 0.1) is 0 Å². The van der Waals surface area contributed by atoms with Gasteiger partial charge in [-0.05, 0) is 13.0 Å². The highest BCUT2D eigenvalue weighted by Gasteiger charge is 2.04. The summed E-state index contributed by atoms with van der Waals surface area (Å²) in [7, 11) is 0. The molecule has 74 valence electrons. The van der Waals surface area contributed by atoms with Crippen LogP contribution in [0.1, 0.15) is 12.6 Å². The van der Waals surface area contributed by atoms with Gasteiger partial charge < -0.3 is 5.73 Å². The molecular formula is C9H13N5. The fraction of sp³-hybridized carbons (Fsp3) is 0.333. The second-order valence-corrected chi connectivity index (χ2v) is 3.08. The van der Waals surface area contributed by atoms with Gasteiger partial charge in [-0.25, -0.2) is 0 Å². The van der Waals surface area contributed by atoms with E-state index >= 15 is 0 Å². The molecule has 0 bridgehead atoms. The molecule has 0 fully saturated rings. The van der Waals surface area contributed by atoms with Gasteiger partial charge in [-0.1, -0.05) is 0 Å². The van der Waals surface area contributed by atoms with Crippen LogP contribution in [0.25, 0.3) is 0 Å². The van der Waals surface area contributed by atoms with Gasteiger partial charge >= 0.3 is 0 Å². The Balaban J connectivity index is 2.23. The second-order valence-electron chi connectivity index (χ2n) is 3.08. The zero-order chi connectivity index (χ0) is 9.97. The van der Waals surface area contributed by atoms with Crippen molar-refractivity contribution >= 4 is 5.82 Å². The molecule has 0 saturated heterocycles. The van der Waals surface area contributed by atoms with Crippen molar-refractivity contribution in [3.63, 3.8) is 0 Å². The van der Waals surface area contributed by atoms with Gasteiger partial charge in [0, 0.05) is 25.0 Å². The number of hydrogen-bond donors (Lipinski definition) is 1. The molecule has 0 radical (unpaired) electrons. The Kier molecular flexibility index (Phi) is 2.22. The van der Waals surface area contributed by atoms with E-state index in [2.05, 4.69) is 10.2 Å². The van der Waals surface area contributed by atoms with E-state index in [-0.39, 0.29) is 0 Å². The molecule has 0 unspecified atom stereocenters. The first kappa shape index (κ1) is 8.80. The summed E-state index contributed by atoms with van der Waals surface area (Å²) in [6, 6.07) is 3.78. The minimum absolute atomic E-state index is 0.564. The molecule has 0 aliphatic heterocycles. The van der Waals surface area contributed by atoms with E-state index in [1.165, 1.54) is 0 Å². The fourth-order valence-electron chi connectivity index (χ4n) is 1.44. The maximum absolute atomic E-state index is 5.62. The Morgan fingerprint density at radius 2 is 2.36 bits per heavy atom. The van der Waals surface area contributed by atoms with Crippen molar-refractivity contribution in [2.75, 3.05) is 5.73 Å². The van der Waals surface area contributed by atoms with Crippen LogP contribution in [-0.4, -0.2) is 19.6 Å². The van der Waals surface area contributed by atoms with Gasteiger partial charge in [0.1, 0.15) is 5.82 Å². The molecule has 0 spiro atoms. The molecule has 0 amide bonds. The van der Waals surface area contributed by atoms with E-state index in [1.807, 2.05) is 34.6 Å². The molecule has 2 aromatic heterocycles. The SMILES string of the molecule is CCn1nc(N)cc1Cn1cccn1. The van der Waals surface area contributed by atoms with Crippen molar-refractivity contribution in [3.05, 3.63) is 30.2 Å². The van der Waals surface area contributed by atoms with Crippen molar-refractivity contribution < 1.29 is 0 Å². The lowest BCUT2D eigenvalue weighted by Gasteiger charge is -2.03. The zero-order valence-corrected chi connectivity index (χ0v) is 8.09. The molecule has 0 atom stereocenters. The number of nitrogens with zero attached hydrogens (tertiary/aromatic N) is 4. The predicted molar refractivity (Wildman–Crippen MR) is 53.6 cm³/mol. The number of nitrogen functional groups attached to an aromatic ring is 1. The molecule has 0 aliphatic carbocycles. The van der Waals surface area contributed by atoms with Gasteiger partial charge in [0.25, 0.3) is 0 Å². The Labute approximate surface area is 82.1 Å². The molecule has 0 saturated carbocycles. The van der Waals surface area contributed by atoms with Crippen LogP contribution < -0.4 is 5.73 Å². The number of hydrogen-bond acceptors (Lipinski definition) is 3. The second kappa shape index (κ2) is 3.53. The van der Waals surface area contributed by atoms with Crippen LogP contribution in [0.15, 0.2) is 24.5 Å². The average molecular weight is 191 g/mol. The van der Waals surface area contributed by atoms with Crippen molar-refractivity contribution in [3.8, 4) is 0 Å². The molecule has 2 heterocycles. The highest BCUT2D eigenvalue weighted by molar-refractivity contribution is 5.29. The lowest BCUT2D eigenvalue weighted by molar-refractivity contribution is 0.578. The highest BCUT2D eigenvalue weighted by Crippen LogP contribution is 2.07. The van der Waals surface area contributed by atoms with E-state index in [0.717, 1.165) is 12.2 Å². The zero-order valence-electron chi connectivity index (χ0n) is 8.09. The maximum atomic E-state index is 5.62. The summed E-state index contributed by atoms with van der Waals surface area (Å²) >= 11 is 0. The van der Waals surface area contributed by atoms with Crippen LogP contribution in [-0.2, 0) is 13.1 Å². The van der Waals surface area contributed by atoms with Crippen molar-refractivity contribution in [2.45, 2.75) is 20.0 Å². The summed E-state index contributed by atoms with van der Waals surface area (Å²) in [5.41, 5.74) is 6.70. The summed E-state index contributed by atoms with van der Waals surface area (Å²) < 4.78 is 3.74. The van der Waals surface area contributed by atoms with E-state index in [4.69, 9.17) is 5.73 Å². The number of nitrogens with two attached hydrogens (primary N) is 1. The van der Waals surface area contributed by atoms with Gasteiger partial charge in [0.05, 0.1) is 12.2 Å². The summed E-state index contributed by atoms with van der Waals surface area (Å²) in [6.45, 7) is 3.58. The monoisotopic (exact) mass is 191 g/mol. The predicted octanol–water partition coefficient (Wildman–Crippen LogP) is 0.730. The van der Waals surface area contributed by atoms with Crippen LogP contribution >= 0.6 is 0 Å². The Bertz CT molecular complexity index is 401. The number of anilines is 1.